The minimum Gasteiger partial charge on any atom is -0.421 e. The van der Waals surface area contributed by atoms with Gasteiger partial charge in [-0.3, -0.25) is 0 Å². The number of carbonyl (C=O) groups excluding carboxylic acids is 1. The van der Waals surface area contributed by atoms with Crippen LogP contribution in [-0.2, 0) is 0 Å². The van der Waals surface area contributed by atoms with E-state index in [0.29, 0.717) is 21.6 Å². The zero-order chi connectivity index (χ0) is 22.8. The van der Waals surface area contributed by atoms with Crippen molar-refractivity contribution >= 4 is 40.2 Å². The number of carbonyl (C=O) groups is 1. The molecule has 0 radical (unpaired) electrons. The van der Waals surface area contributed by atoms with Gasteiger partial charge in [-0.2, -0.15) is 0 Å². The van der Waals surface area contributed by atoms with Crippen LogP contribution in [0.5, 0.6) is 5.75 Å². The number of esters is 1. The van der Waals surface area contributed by atoms with Crippen LogP contribution in [-0.4, -0.2) is 15.9 Å². The first-order chi connectivity index (χ1) is 16.1. The highest BCUT2D eigenvalue weighted by Gasteiger charge is 2.16. The molecule has 33 heavy (non-hydrogen) atoms. The Morgan fingerprint density at radius 1 is 0.667 bits per heavy atom. The normalized spacial score (nSPS) is 10.8. The zero-order valence-electron chi connectivity index (χ0n) is 17.2. The molecule has 1 heterocycles. The van der Waals surface area contributed by atoms with Gasteiger partial charge in [-0.05, 0) is 36.4 Å². The average Bonchev–Trinajstić information content (AvgIpc) is 2.85. The van der Waals surface area contributed by atoms with Crippen molar-refractivity contribution in [3.8, 4) is 28.3 Å². The molecule has 0 amide bonds. The van der Waals surface area contributed by atoms with Gasteiger partial charge in [0.15, 0.2) is 0 Å². The molecule has 0 aliphatic rings. The first kappa shape index (κ1) is 21.1. The minimum absolute atomic E-state index is 0.238. The summed E-state index contributed by atoms with van der Waals surface area (Å²) in [6, 6.07) is 29.6. The smallest absolute Gasteiger partial charge is 0.343 e. The zero-order valence-corrected chi connectivity index (χ0v) is 18.7. The van der Waals surface area contributed by atoms with Gasteiger partial charge in [0.2, 0.25) is 0 Å². The van der Waals surface area contributed by atoms with E-state index in [1.165, 1.54) is 6.07 Å². The second-order valence-corrected chi connectivity index (χ2v) is 8.16. The molecule has 5 aromatic rings. The van der Waals surface area contributed by atoms with Gasteiger partial charge in [-0.25, -0.2) is 14.8 Å². The van der Waals surface area contributed by atoms with E-state index in [1.54, 1.807) is 30.3 Å². The summed E-state index contributed by atoms with van der Waals surface area (Å²) in [5, 5.41) is 0.721. The summed E-state index contributed by atoms with van der Waals surface area (Å²) in [5.74, 6) is -0.307. The van der Waals surface area contributed by atoms with Crippen molar-refractivity contribution in [3.05, 3.63) is 113 Å². The third-order valence-corrected chi connectivity index (χ3v) is 5.62. The highest BCUT2D eigenvalue weighted by atomic mass is 35.5. The largest absolute Gasteiger partial charge is 0.421 e. The van der Waals surface area contributed by atoms with Crippen molar-refractivity contribution < 1.29 is 9.53 Å². The van der Waals surface area contributed by atoms with E-state index in [9.17, 15) is 4.79 Å². The van der Waals surface area contributed by atoms with Crippen molar-refractivity contribution in [2.75, 3.05) is 0 Å². The molecule has 0 atom stereocenters. The van der Waals surface area contributed by atoms with Gasteiger partial charge in [-0.1, -0.05) is 83.9 Å². The van der Waals surface area contributed by atoms with Crippen molar-refractivity contribution in [1.82, 2.24) is 9.97 Å². The van der Waals surface area contributed by atoms with Crippen LogP contribution in [0.15, 0.2) is 97.1 Å². The maximum Gasteiger partial charge on any atom is 0.343 e. The number of nitrogens with zero attached hydrogens (tertiary/aromatic N) is 2. The fourth-order valence-corrected chi connectivity index (χ4v) is 3.94. The number of hydrogen-bond donors (Lipinski definition) is 0. The van der Waals surface area contributed by atoms with E-state index in [1.807, 2.05) is 60.7 Å². The van der Waals surface area contributed by atoms with Crippen LogP contribution in [0.3, 0.4) is 0 Å². The Morgan fingerprint density at radius 2 is 1.27 bits per heavy atom. The van der Waals surface area contributed by atoms with Crippen molar-refractivity contribution in [2.45, 2.75) is 0 Å². The summed E-state index contributed by atoms with van der Waals surface area (Å²) in [6.07, 6.45) is 0. The van der Waals surface area contributed by atoms with Gasteiger partial charge < -0.3 is 4.74 Å². The standard InChI is InChI=1S/C27H16Cl2N2O2/c28-20-12-14-24(21(29)16-20)33-27(32)19-11-13-22-23(15-19)31-26(18-9-5-2-6-10-18)25(30-22)17-7-3-1-4-8-17/h1-16H. The van der Waals surface area contributed by atoms with E-state index in [4.69, 9.17) is 37.9 Å². The van der Waals surface area contributed by atoms with Crippen LogP contribution >= 0.6 is 23.2 Å². The predicted octanol–water partition coefficient (Wildman–Crippen LogP) is 7.49. The van der Waals surface area contributed by atoms with E-state index >= 15 is 0 Å². The lowest BCUT2D eigenvalue weighted by atomic mass is 10.0. The van der Waals surface area contributed by atoms with Crippen LogP contribution in [0.1, 0.15) is 10.4 Å². The topological polar surface area (TPSA) is 52.1 Å². The van der Waals surface area contributed by atoms with Gasteiger partial charge in [0.1, 0.15) is 5.75 Å². The molecule has 1 aromatic heterocycles. The first-order valence-corrected chi connectivity index (χ1v) is 10.9. The second-order valence-electron chi connectivity index (χ2n) is 7.32. The number of hydrogen-bond acceptors (Lipinski definition) is 4. The molecular formula is C27H16Cl2N2O2. The van der Waals surface area contributed by atoms with E-state index in [-0.39, 0.29) is 10.8 Å². The van der Waals surface area contributed by atoms with E-state index < -0.39 is 5.97 Å². The Morgan fingerprint density at radius 3 is 1.88 bits per heavy atom. The van der Waals surface area contributed by atoms with Crippen LogP contribution in [0, 0.1) is 0 Å². The van der Waals surface area contributed by atoms with Crippen molar-refractivity contribution in [1.29, 1.82) is 0 Å². The molecule has 0 saturated heterocycles. The number of rotatable bonds is 4. The van der Waals surface area contributed by atoms with E-state index in [2.05, 4.69) is 0 Å². The third-order valence-electron chi connectivity index (χ3n) is 5.09. The molecule has 160 valence electrons. The van der Waals surface area contributed by atoms with E-state index in [0.717, 1.165) is 22.5 Å². The highest BCUT2D eigenvalue weighted by Crippen LogP contribution is 2.32. The molecule has 0 N–H and O–H groups in total. The maximum absolute atomic E-state index is 12.8. The summed E-state index contributed by atoms with van der Waals surface area (Å²) in [7, 11) is 0. The van der Waals surface area contributed by atoms with Crippen LogP contribution in [0.2, 0.25) is 10.0 Å². The molecule has 4 nitrogen and oxygen atoms in total. The Bertz CT molecular complexity index is 1470. The lowest BCUT2D eigenvalue weighted by Gasteiger charge is -2.11. The average molecular weight is 471 g/mol. The van der Waals surface area contributed by atoms with Gasteiger partial charge in [0.05, 0.1) is 33.0 Å². The fourth-order valence-electron chi connectivity index (χ4n) is 3.49. The quantitative estimate of drug-likeness (QED) is 0.201. The number of halogens is 2. The Labute approximate surface area is 200 Å². The lowest BCUT2D eigenvalue weighted by molar-refractivity contribution is 0.0735. The van der Waals surface area contributed by atoms with Crippen LogP contribution in [0.25, 0.3) is 33.5 Å². The summed E-state index contributed by atoms with van der Waals surface area (Å²) < 4.78 is 5.47. The SMILES string of the molecule is O=C(Oc1ccc(Cl)cc1Cl)c1ccc2nc(-c3ccccc3)c(-c3ccccc3)nc2c1. The molecule has 0 aliphatic carbocycles. The number of fused-ring (bicyclic) bond motifs is 1. The molecule has 6 heteroatoms. The Kier molecular flexibility index (Phi) is 5.78. The number of benzene rings is 4. The lowest BCUT2D eigenvalue weighted by Crippen LogP contribution is -2.09. The molecule has 0 aliphatic heterocycles. The number of aromatic nitrogens is 2. The van der Waals surface area contributed by atoms with Gasteiger partial charge in [0, 0.05) is 16.1 Å². The molecule has 5 rings (SSSR count). The van der Waals surface area contributed by atoms with Crippen molar-refractivity contribution in [3.63, 3.8) is 0 Å². The fraction of sp³-hybridized carbons (Fsp3) is 0. The maximum atomic E-state index is 12.8. The minimum atomic E-state index is -0.545. The highest BCUT2D eigenvalue weighted by molar-refractivity contribution is 6.35. The molecular weight excluding hydrogens is 455 g/mol. The van der Waals surface area contributed by atoms with Crippen LogP contribution < -0.4 is 4.74 Å². The Hall–Kier alpha value is -3.73. The summed E-state index contributed by atoms with van der Waals surface area (Å²) in [6.45, 7) is 0. The summed E-state index contributed by atoms with van der Waals surface area (Å²) in [5.41, 5.74) is 5.02. The second kappa shape index (κ2) is 9.02. The van der Waals surface area contributed by atoms with Crippen LogP contribution in [0.4, 0.5) is 0 Å². The van der Waals surface area contributed by atoms with Gasteiger partial charge in [-0.15, -0.1) is 0 Å². The summed E-state index contributed by atoms with van der Waals surface area (Å²) in [4.78, 5) is 22.5. The molecule has 0 unspecified atom stereocenters. The third kappa shape index (κ3) is 4.44. The Balaban J connectivity index is 1.59. The molecule has 0 saturated carbocycles. The monoisotopic (exact) mass is 470 g/mol. The van der Waals surface area contributed by atoms with Crippen molar-refractivity contribution in [2.24, 2.45) is 0 Å². The molecule has 0 spiro atoms. The van der Waals surface area contributed by atoms with Gasteiger partial charge >= 0.3 is 5.97 Å². The molecule has 0 fully saturated rings. The molecule has 0 bridgehead atoms. The number of ether oxygens (including phenoxy) is 1. The summed E-state index contributed by atoms with van der Waals surface area (Å²) >= 11 is 12.1. The first-order valence-electron chi connectivity index (χ1n) is 10.2. The predicted molar refractivity (Wildman–Crippen MR) is 132 cm³/mol. The van der Waals surface area contributed by atoms with Gasteiger partial charge in [0.25, 0.3) is 0 Å². The molecule has 4 aromatic carbocycles.